The van der Waals surface area contributed by atoms with Gasteiger partial charge in [0.15, 0.2) is 0 Å². The lowest BCUT2D eigenvalue weighted by Gasteiger charge is -2.17. The van der Waals surface area contributed by atoms with Crippen LogP contribution in [-0.4, -0.2) is 39.3 Å². The lowest BCUT2D eigenvalue weighted by Crippen LogP contribution is -2.27. The Kier molecular flexibility index (Phi) is 6.92. The largest absolute Gasteiger partial charge is 0.493 e. The third kappa shape index (κ3) is 5.10. The lowest BCUT2D eigenvalue weighted by molar-refractivity contribution is 0.326. The summed E-state index contributed by atoms with van der Waals surface area (Å²) in [4.78, 5) is 15.2. The van der Waals surface area contributed by atoms with E-state index in [9.17, 15) is 9.90 Å². The molecule has 2 heterocycles. The SMILES string of the molecule is CN(CCCCCCn1c(O)c2n(c1=O)Cc1ccccc1C2)CCc1ccccc1. The number of aromatic hydroxyl groups is 1. The van der Waals surface area contributed by atoms with Gasteiger partial charge in [-0.05, 0) is 49.5 Å². The molecular weight excluding hydrogens is 386 g/mol. The van der Waals surface area contributed by atoms with E-state index >= 15 is 0 Å². The molecule has 0 fully saturated rings. The normalized spacial score (nSPS) is 12.7. The van der Waals surface area contributed by atoms with Crippen molar-refractivity contribution >= 4 is 0 Å². The minimum Gasteiger partial charge on any atom is -0.493 e. The molecule has 4 rings (SSSR count). The molecule has 1 aliphatic heterocycles. The van der Waals surface area contributed by atoms with Crippen molar-refractivity contribution in [3.63, 3.8) is 0 Å². The molecule has 1 aliphatic rings. The van der Waals surface area contributed by atoms with Crippen molar-refractivity contribution in [3.8, 4) is 5.88 Å². The van der Waals surface area contributed by atoms with Gasteiger partial charge in [0.1, 0.15) is 0 Å². The van der Waals surface area contributed by atoms with Gasteiger partial charge in [-0.3, -0.25) is 9.13 Å². The smallest absolute Gasteiger partial charge is 0.331 e. The molecule has 1 aromatic heterocycles. The van der Waals surface area contributed by atoms with Crippen molar-refractivity contribution in [1.29, 1.82) is 0 Å². The number of benzene rings is 2. The van der Waals surface area contributed by atoms with Crippen LogP contribution >= 0.6 is 0 Å². The van der Waals surface area contributed by atoms with Crippen LogP contribution < -0.4 is 5.69 Å². The molecule has 0 saturated carbocycles. The Morgan fingerprint density at radius 3 is 2.42 bits per heavy atom. The fourth-order valence-electron chi connectivity index (χ4n) is 4.48. The first kappa shape index (κ1) is 21.4. The maximum absolute atomic E-state index is 12.8. The molecule has 3 aromatic rings. The first-order valence-corrected chi connectivity index (χ1v) is 11.4. The van der Waals surface area contributed by atoms with Gasteiger partial charge in [0.25, 0.3) is 0 Å². The highest BCUT2D eigenvalue weighted by atomic mass is 16.3. The van der Waals surface area contributed by atoms with Gasteiger partial charge < -0.3 is 10.0 Å². The maximum Gasteiger partial charge on any atom is 0.331 e. The Morgan fingerprint density at radius 1 is 0.903 bits per heavy atom. The molecule has 0 aliphatic carbocycles. The standard InChI is InChI=1S/C26H33N3O2/c1-27(18-15-21-11-5-4-6-12-21)16-9-2-3-10-17-28-25(30)24-19-22-13-7-8-14-23(22)20-29(24)26(28)31/h4-8,11-14,30H,2-3,9-10,15-20H2,1H3. The van der Waals surface area contributed by atoms with Crippen LogP contribution in [0.15, 0.2) is 59.4 Å². The summed E-state index contributed by atoms with van der Waals surface area (Å²) in [6.07, 6.45) is 6.00. The summed E-state index contributed by atoms with van der Waals surface area (Å²) < 4.78 is 3.30. The zero-order chi connectivity index (χ0) is 21.6. The van der Waals surface area contributed by atoms with Gasteiger partial charge in [-0.15, -0.1) is 0 Å². The Balaban J connectivity index is 1.20. The van der Waals surface area contributed by atoms with E-state index in [1.165, 1.54) is 16.7 Å². The van der Waals surface area contributed by atoms with Crippen LogP contribution in [0.4, 0.5) is 0 Å². The van der Waals surface area contributed by atoms with Crippen molar-refractivity contribution in [1.82, 2.24) is 14.0 Å². The molecular formula is C26H33N3O2. The van der Waals surface area contributed by atoms with Crippen molar-refractivity contribution < 1.29 is 5.11 Å². The summed E-state index contributed by atoms with van der Waals surface area (Å²) in [5.41, 5.74) is 4.43. The molecule has 0 spiro atoms. The molecule has 5 nitrogen and oxygen atoms in total. The van der Waals surface area contributed by atoms with Gasteiger partial charge in [0, 0.05) is 19.5 Å². The zero-order valence-electron chi connectivity index (χ0n) is 18.5. The fourth-order valence-corrected chi connectivity index (χ4v) is 4.48. The highest BCUT2D eigenvalue weighted by molar-refractivity contribution is 5.38. The van der Waals surface area contributed by atoms with Crippen molar-refractivity contribution in [3.05, 3.63) is 87.5 Å². The summed E-state index contributed by atoms with van der Waals surface area (Å²) in [5.74, 6) is 0.153. The van der Waals surface area contributed by atoms with Gasteiger partial charge in [0.05, 0.1) is 12.2 Å². The van der Waals surface area contributed by atoms with E-state index in [-0.39, 0.29) is 11.6 Å². The van der Waals surface area contributed by atoms with E-state index in [2.05, 4.69) is 54.4 Å². The number of unbranched alkanes of at least 4 members (excludes halogenated alkanes) is 3. The fraction of sp³-hybridized carbons (Fsp3) is 0.423. The van der Waals surface area contributed by atoms with Crippen molar-refractivity contribution in [2.24, 2.45) is 0 Å². The monoisotopic (exact) mass is 419 g/mol. The van der Waals surface area contributed by atoms with E-state index < -0.39 is 0 Å². The van der Waals surface area contributed by atoms with Crippen molar-refractivity contribution in [2.75, 3.05) is 20.1 Å². The molecule has 164 valence electrons. The number of hydrogen-bond donors (Lipinski definition) is 1. The first-order valence-electron chi connectivity index (χ1n) is 11.4. The van der Waals surface area contributed by atoms with E-state index in [1.807, 2.05) is 12.1 Å². The molecule has 0 atom stereocenters. The average molecular weight is 420 g/mol. The molecule has 2 aromatic carbocycles. The third-order valence-corrected chi connectivity index (χ3v) is 6.40. The summed E-state index contributed by atoms with van der Waals surface area (Å²) in [7, 11) is 2.18. The van der Waals surface area contributed by atoms with Crippen LogP contribution in [0.25, 0.3) is 0 Å². The predicted octanol–water partition coefficient (Wildman–Crippen LogP) is 4.04. The third-order valence-electron chi connectivity index (χ3n) is 6.40. The van der Waals surface area contributed by atoms with Crippen LogP contribution in [0.3, 0.4) is 0 Å². The number of hydrogen-bond acceptors (Lipinski definition) is 3. The Bertz CT molecular complexity index is 1050. The van der Waals surface area contributed by atoms with Crippen LogP contribution in [-0.2, 0) is 25.9 Å². The molecule has 0 saturated heterocycles. The van der Waals surface area contributed by atoms with Crippen molar-refractivity contribution in [2.45, 2.75) is 51.6 Å². The first-order chi connectivity index (χ1) is 15.1. The lowest BCUT2D eigenvalue weighted by atomic mass is 9.99. The molecule has 0 unspecified atom stereocenters. The second kappa shape index (κ2) is 10.0. The second-order valence-corrected chi connectivity index (χ2v) is 8.69. The molecule has 1 N–H and O–H groups in total. The van der Waals surface area contributed by atoms with Gasteiger partial charge in [-0.1, -0.05) is 67.4 Å². The highest BCUT2D eigenvalue weighted by Gasteiger charge is 2.24. The molecule has 0 bridgehead atoms. The van der Waals surface area contributed by atoms with Crippen LogP contribution in [0, 0.1) is 0 Å². The Hall–Kier alpha value is -2.79. The zero-order valence-corrected chi connectivity index (χ0v) is 18.5. The van der Waals surface area contributed by atoms with E-state index in [0.29, 0.717) is 19.5 Å². The van der Waals surface area contributed by atoms with Gasteiger partial charge in [-0.25, -0.2) is 4.79 Å². The minimum absolute atomic E-state index is 0.0809. The minimum atomic E-state index is -0.0809. The van der Waals surface area contributed by atoms with E-state index in [4.69, 9.17) is 0 Å². The average Bonchev–Trinajstić information content (AvgIpc) is 3.03. The number of likely N-dealkylation sites (N-methyl/N-ethyl adjacent to an activating group) is 1. The Morgan fingerprint density at radius 2 is 1.61 bits per heavy atom. The predicted molar refractivity (Wildman–Crippen MR) is 125 cm³/mol. The summed E-state index contributed by atoms with van der Waals surface area (Å²) in [6.45, 7) is 3.31. The molecule has 5 heteroatoms. The molecule has 0 radical (unpaired) electrons. The molecule has 0 amide bonds. The van der Waals surface area contributed by atoms with E-state index in [0.717, 1.165) is 50.9 Å². The van der Waals surface area contributed by atoms with Gasteiger partial charge in [0.2, 0.25) is 5.88 Å². The van der Waals surface area contributed by atoms with Gasteiger partial charge in [-0.2, -0.15) is 0 Å². The summed E-state index contributed by atoms with van der Waals surface area (Å²) >= 11 is 0. The van der Waals surface area contributed by atoms with Crippen LogP contribution in [0.1, 0.15) is 48.1 Å². The summed E-state index contributed by atoms with van der Waals surface area (Å²) in [6, 6.07) is 18.8. The molecule has 31 heavy (non-hydrogen) atoms. The van der Waals surface area contributed by atoms with E-state index in [1.54, 1.807) is 9.13 Å². The second-order valence-electron chi connectivity index (χ2n) is 8.69. The van der Waals surface area contributed by atoms with Crippen LogP contribution in [0.5, 0.6) is 5.88 Å². The number of rotatable bonds is 10. The van der Waals surface area contributed by atoms with Crippen LogP contribution in [0.2, 0.25) is 0 Å². The number of imidazole rings is 1. The number of fused-ring (bicyclic) bond motifs is 2. The number of nitrogens with zero attached hydrogens (tertiary/aromatic N) is 3. The highest BCUT2D eigenvalue weighted by Crippen LogP contribution is 2.27. The summed E-state index contributed by atoms with van der Waals surface area (Å²) in [5, 5.41) is 10.6. The van der Waals surface area contributed by atoms with Gasteiger partial charge >= 0.3 is 5.69 Å². The Labute approximate surface area is 184 Å². The number of aromatic nitrogens is 2. The quantitative estimate of drug-likeness (QED) is 0.395. The topological polar surface area (TPSA) is 50.4 Å². The maximum atomic E-state index is 12.8.